The van der Waals surface area contributed by atoms with E-state index in [1.807, 2.05) is 0 Å². The summed E-state index contributed by atoms with van der Waals surface area (Å²) in [7, 11) is 1.60. The summed E-state index contributed by atoms with van der Waals surface area (Å²) in [6.45, 7) is 13.8. The monoisotopic (exact) mass is 421 g/mol. The largest absolute Gasteiger partial charge is 0.443 e. The molecule has 8 heteroatoms. The van der Waals surface area contributed by atoms with E-state index in [2.05, 4.69) is 16.6 Å². The first-order chi connectivity index (χ1) is 13.3. The van der Waals surface area contributed by atoms with Crippen LogP contribution in [0, 0.1) is 0 Å². The molecular formula is C21H28ClN3O4. The topological polar surface area (TPSA) is 81.1 Å². The van der Waals surface area contributed by atoms with Crippen molar-refractivity contribution >= 4 is 41.4 Å². The van der Waals surface area contributed by atoms with Gasteiger partial charge in [-0.25, -0.2) is 14.6 Å². The van der Waals surface area contributed by atoms with E-state index in [-0.39, 0.29) is 11.0 Å². The van der Waals surface area contributed by atoms with E-state index in [0.29, 0.717) is 11.1 Å². The van der Waals surface area contributed by atoms with Gasteiger partial charge in [-0.1, -0.05) is 30.3 Å². The number of amides is 2. The smallest absolute Gasteiger partial charge is 0.425 e. The molecule has 1 aromatic rings. The minimum atomic E-state index is -0.936. The molecule has 0 aromatic carbocycles. The molecule has 158 valence electrons. The maximum absolute atomic E-state index is 12.9. The minimum absolute atomic E-state index is 0.0333. The van der Waals surface area contributed by atoms with Crippen LogP contribution in [0.4, 0.5) is 15.4 Å². The molecule has 0 bridgehead atoms. The molecule has 1 heterocycles. The molecular weight excluding hydrogens is 394 g/mol. The molecule has 0 N–H and O–H groups in total. The van der Waals surface area contributed by atoms with Crippen LogP contribution in [0.2, 0.25) is 5.15 Å². The van der Waals surface area contributed by atoms with Gasteiger partial charge in [0.2, 0.25) is 0 Å². The van der Waals surface area contributed by atoms with Crippen molar-refractivity contribution in [3.63, 3.8) is 0 Å². The molecule has 0 saturated carbocycles. The van der Waals surface area contributed by atoms with Crippen molar-refractivity contribution < 1.29 is 19.1 Å². The third-order valence-electron chi connectivity index (χ3n) is 3.08. The Morgan fingerprint density at radius 1 is 1.10 bits per heavy atom. The van der Waals surface area contributed by atoms with Gasteiger partial charge in [0, 0.05) is 24.4 Å². The first-order valence-electron chi connectivity index (χ1n) is 8.97. The Morgan fingerprint density at radius 2 is 1.62 bits per heavy atom. The molecule has 29 heavy (non-hydrogen) atoms. The summed E-state index contributed by atoms with van der Waals surface area (Å²) in [5.74, 6) is -0.0333. The summed E-state index contributed by atoms with van der Waals surface area (Å²) < 4.78 is 10.8. The average Bonchev–Trinajstić information content (AvgIpc) is 2.51. The number of carbonyl (C=O) groups excluding carboxylic acids is 2. The number of hydrogen-bond donors (Lipinski definition) is 0. The van der Waals surface area contributed by atoms with Crippen molar-refractivity contribution in [3.05, 3.63) is 41.6 Å². The highest BCUT2D eigenvalue weighted by molar-refractivity contribution is 6.30. The number of imide groups is 1. The number of ether oxygens (including phenoxy) is 2. The van der Waals surface area contributed by atoms with Crippen LogP contribution in [0.3, 0.4) is 0 Å². The van der Waals surface area contributed by atoms with Crippen molar-refractivity contribution in [2.24, 2.45) is 4.99 Å². The van der Waals surface area contributed by atoms with Crippen LogP contribution < -0.4 is 4.90 Å². The van der Waals surface area contributed by atoms with Crippen molar-refractivity contribution in [2.45, 2.75) is 52.7 Å². The molecule has 0 unspecified atom stereocenters. The molecule has 0 saturated heterocycles. The van der Waals surface area contributed by atoms with E-state index in [1.54, 1.807) is 79.1 Å². The Kier molecular flexibility index (Phi) is 8.15. The normalized spacial score (nSPS) is 12.6. The van der Waals surface area contributed by atoms with Gasteiger partial charge in [-0.3, -0.25) is 4.99 Å². The Morgan fingerprint density at radius 3 is 2.03 bits per heavy atom. The predicted octanol–water partition coefficient (Wildman–Crippen LogP) is 5.68. The van der Waals surface area contributed by atoms with Gasteiger partial charge in [-0.15, -0.1) is 0 Å². The van der Waals surface area contributed by atoms with Gasteiger partial charge in [0.15, 0.2) is 5.82 Å². The predicted molar refractivity (Wildman–Crippen MR) is 117 cm³/mol. The first kappa shape index (κ1) is 24.4. The van der Waals surface area contributed by atoms with E-state index < -0.39 is 23.4 Å². The second kappa shape index (κ2) is 9.69. The first-order valence-corrected chi connectivity index (χ1v) is 9.34. The van der Waals surface area contributed by atoms with Crippen LogP contribution in [0.1, 0.15) is 47.1 Å². The van der Waals surface area contributed by atoms with Crippen LogP contribution >= 0.6 is 11.6 Å². The fourth-order valence-electron chi connectivity index (χ4n) is 2.15. The highest BCUT2D eigenvalue weighted by Crippen LogP contribution is 2.29. The maximum atomic E-state index is 12.9. The molecule has 0 aliphatic heterocycles. The van der Waals surface area contributed by atoms with Gasteiger partial charge in [-0.2, -0.15) is 4.90 Å². The molecule has 0 spiro atoms. The highest BCUT2D eigenvalue weighted by Gasteiger charge is 2.35. The third kappa shape index (κ3) is 7.69. The highest BCUT2D eigenvalue weighted by atomic mass is 35.5. The number of pyridine rings is 1. The number of allylic oxidation sites excluding steroid dienone is 3. The summed E-state index contributed by atoms with van der Waals surface area (Å²) >= 11 is 6.08. The van der Waals surface area contributed by atoms with E-state index in [0.717, 1.165) is 4.90 Å². The Balaban J connectivity index is 3.69. The standard InChI is InChI=1S/C21H28ClN3O4/c1-9-10-14(13-23-8)15-11-12-16(22)24-17(15)25(18(26)28-20(2,3)4)19(27)29-21(5,6)7/h9-13H,1H2,2-8H3/b14-10+,23-13?. The van der Waals surface area contributed by atoms with Gasteiger partial charge in [0.1, 0.15) is 16.4 Å². The van der Waals surface area contributed by atoms with Gasteiger partial charge in [-0.05, 0) is 53.7 Å². The molecule has 2 amide bonds. The Hall–Kier alpha value is -2.67. The lowest BCUT2D eigenvalue weighted by molar-refractivity contribution is 0.0429. The van der Waals surface area contributed by atoms with Gasteiger partial charge in [0.25, 0.3) is 0 Å². The second-order valence-electron chi connectivity index (χ2n) is 8.05. The molecule has 1 rings (SSSR count). The van der Waals surface area contributed by atoms with Gasteiger partial charge >= 0.3 is 12.2 Å². The van der Waals surface area contributed by atoms with E-state index >= 15 is 0 Å². The van der Waals surface area contributed by atoms with Crippen molar-refractivity contribution in [3.8, 4) is 0 Å². The zero-order chi connectivity index (χ0) is 22.4. The van der Waals surface area contributed by atoms with Gasteiger partial charge < -0.3 is 9.47 Å². The zero-order valence-electron chi connectivity index (χ0n) is 17.9. The zero-order valence-corrected chi connectivity index (χ0v) is 18.7. The van der Waals surface area contributed by atoms with E-state index in [1.165, 1.54) is 0 Å². The number of aliphatic imine (C=N–C) groups is 1. The quantitative estimate of drug-likeness (QED) is 0.354. The van der Waals surface area contributed by atoms with Crippen molar-refractivity contribution in [1.82, 2.24) is 4.98 Å². The lowest BCUT2D eigenvalue weighted by Gasteiger charge is -2.29. The molecule has 1 aromatic heterocycles. The number of hydrogen-bond acceptors (Lipinski definition) is 6. The maximum Gasteiger partial charge on any atom is 0.425 e. The summed E-state index contributed by atoms with van der Waals surface area (Å²) in [5, 5.41) is 0.0901. The average molecular weight is 422 g/mol. The lowest BCUT2D eigenvalue weighted by atomic mass is 10.1. The number of aromatic nitrogens is 1. The number of halogens is 1. The Labute approximate surface area is 177 Å². The number of rotatable bonds is 4. The van der Waals surface area contributed by atoms with E-state index in [9.17, 15) is 9.59 Å². The second-order valence-corrected chi connectivity index (χ2v) is 8.43. The van der Waals surface area contributed by atoms with Gasteiger partial charge in [0.05, 0.1) is 0 Å². The summed E-state index contributed by atoms with van der Waals surface area (Å²) in [5.41, 5.74) is -0.697. The third-order valence-corrected chi connectivity index (χ3v) is 3.29. The van der Waals surface area contributed by atoms with Crippen molar-refractivity contribution in [1.29, 1.82) is 0 Å². The summed E-state index contributed by atoms with van der Waals surface area (Å²) in [4.78, 5) is 34.8. The summed E-state index contributed by atoms with van der Waals surface area (Å²) in [6, 6.07) is 3.17. The van der Waals surface area contributed by atoms with Crippen LogP contribution in [0.25, 0.3) is 5.57 Å². The Bertz CT molecular complexity index is 805. The number of nitrogens with zero attached hydrogens (tertiary/aromatic N) is 3. The van der Waals surface area contributed by atoms with Crippen LogP contribution in [0.5, 0.6) is 0 Å². The molecule has 0 aliphatic carbocycles. The lowest BCUT2D eigenvalue weighted by Crippen LogP contribution is -2.44. The SMILES string of the molecule is C=C/C=C(\C=NC)c1ccc(Cl)nc1N(C(=O)OC(C)(C)C)C(=O)OC(C)(C)C. The minimum Gasteiger partial charge on any atom is -0.443 e. The number of anilines is 1. The van der Waals surface area contributed by atoms with Crippen LogP contribution in [0.15, 0.2) is 35.9 Å². The van der Waals surface area contributed by atoms with Crippen molar-refractivity contribution in [2.75, 3.05) is 11.9 Å². The number of carbonyl (C=O) groups is 2. The fourth-order valence-corrected chi connectivity index (χ4v) is 2.30. The molecule has 0 radical (unpaired) electrons. The van der Waals surface area contributed by atoms with E-state index in [4.69, 9.17) is 21.1 Å². The molecule has 0 aliphatic rings. The molecule has 0 fully saturated rings. The molecule has 7 nitrogen and oxygen atoms in total. The summed E-state index contributed by atoms with van der Waals surface area (Å²) in [6.07, 6.45) is 2.91. The van der Waals surface area contributed by atoms with Crippen LogP contribution in [-0.4, -0.2) is 41.6 Å². The van der Waals surface area contributed by atoms with Crippen LogP contribution in [-0.2, 0) is 9.47 Å². The molecule has 0 atom stereocenters. The fraction of sp³-hybridized carbons (Fsp3) is 0.429.